The molecule has 1 aromatic heterocycles. The maximum Gasteiger partial charge on any atom is 0.257 e. The molecule has 8 heteroatoms. The van der Waals surface area contributed by atoms with Crippen LogP contribution in [0.2, 0.25) is 0 Å². The number of anilines is 3. The van der Waals surface area contributed by atoms with Crippen molar-refractivity contribution in [1.29, 1.82) is 0 Å². The zero-order valence-corrected chi connectivity index (χ0v) is 18.2. The molecule has 1 atom stereocenters. The number of aromatic nitrogens is 1. The number of fused-ring (bicyclic) bond motifs is 2. The SMILES string of the molecule is CN(CCC1CCCN1C)CC(=O)N1c2ccccc2C(=O)Nc2cccnc21.Cl. The Morgan fingerprint density at radius 3 is 2.83 bits per heavy atom. The second-order valence-corrected chi connectivity index (χ2v) is 7.88. The molecule has 0 bridgehead atoms. The quantitative estimate of drug-likeness (QED) is 0.790. The Kier molecular flexibility index (Phi) is 7.07. The summed E-state index contributed by atoms with van der Waals surface area (Å²) < 4.78 is 0. The number of likely N-dealkylation sites (N-methyl/N-ethyl adjacent to an activating group) is 1. The van der Waals surface area contributed by atoms with Crippen molar-refractivity contribution in [3.05, 3.63) is 48.2 Å². The summed E-state index contributed by atoms with van der Waals surface area (Å²) in [4.78, 5) is 36.4. The lowest BCUT2D eigenvalue weighted by molar-refractivity contribution is -0.118. The third-order valence-corrected chi connectivity index (χ3v) is 5.81. The van der Waals surface area contributed by atoms with Crippen molar-refractivity contribution >= 4 is 41.4 Å². The first kappa shape index (κ1) is 22.2. The van der Waals surface area contributed by atoms with Crippen molar-refractivity contribution in [2.45, 2.75) is 25.3 Å². The molecule has 1 saturated heterocycles. The number of halogens is 1. The molecule has 0 radical (unpaired) electrons. The van der Waals surface area contributed by atoms with E-state index in [1.807, 2.05) is 13.1 Å². The molecule has 0 saturated carbocycles. The fourth-order valence-electron chi connectivity index (χ4n) is 4.18. The number of para-hydroxylation sites is 1. The molecular formula is C22H28ClN5O2. The summed E-state index contributed by atoms with van der Waals surface area (Å²) in [5, 5.41) is 2.87. The van der Waals surface area contributed by atoms with E-state index in [0.717, 1.165) is 19.5 Å². The Morgan fingerprint density at radius 2 is 2.07 bits per heavy atom. The van der Waals surface area contributed by atoms with Crippen LogP contribution in [0, 0.1) is 0 Å². The molecule has 3 heterocycles. The van der Waals surface area contributed by atoms with Crippen LogP contribution < -0.4 is 10.2 Å². The highest BCUT2D eigenvalue weighted by molar-refractivity contribution is 6.17. The van der Waals surface area contributed by atoms with Gasteiger partial charge in [-0.3, -0.25) is 19.4 Å². The Hall–Kier alpha value is -2.48. The van der Waals surface area contributed by atoms with Gasteiger partial charge in [-0.25, -0.2) is 4.98 Å². The van der Waals surface area contributed by atoms with Crippen LogP contribution in [0.1, 0.15) is 29.6 Å². The topological polar surface area (TPSA) is 68.8 Å². The number of hydrogen-bond donors (Lipinski definition) is 1. The van der Waals surface area contributed by atoms with E-state index in [4.69, 9.17) is 0 Å². The van der Waals surface area contributed by atoms with Crippen LogP contribution in [0.3, 0.4) is 0 Å². The van der Waals surface area contributed by atoms with Gasteiger partial charge in [0.2, 0.25) is 5.91 Å². The van der Waals surface area contributed by atoms with E-state index in [1.54, 1.807) is 41.4 Å². The van der Waals surface area contributed by atoms with Gasteiger partial charge in [-0.1, -0.05) is 12.1 Å². The average molecular weight is 430 g/mol. The Balaban J connectivity index is 0.00000256. The molecule has 0 aliphatic carbocycles. The molecule has 1 fully saturated rings. The molecule has 4 rings (SSSR count). The Bertz CT molecular complexity index is 922. The van der Waals surface area contributed by atoms with E-state index in [0.29, 0.717) is 28.8 Å². The van der Waals surface area contributed by atoms with Gasteiger partial charge < -0.3 is 10.2 Å². The number of hydrogen-bond acceptors (Lipinski definition) is 5. The predicted octanol–water partition coefficient (Wildman–Crippen LogP) is 3.15. The van der Waals surface area contributed by atoms with Crippen LogP contribution in [-0.4, -0.2) is 66.4 Å². The van der Waals surface area contributed by atoms with Crippen LogP contribution >= 0.6 is 12.4 Å². The number of rotatable bonds is 5. The standard InChI is InChI=1S/C22H27N5O2.ClH/c1-25(14-11-16-7-6-13-26(16)2)15-20(28)27-19-10-4-3-8-17(19)22(29)24-18-9-5-12-23-21(18)27;/h3-5,8-10,12,16H,6-7,11,13-15H2,1-2H3,(H,24,29);1H. The molecule has 30 heavy (non-hydrogen) atoms. The molecule has 1 aromatic carbocycles. The maximum atomic E-state index is 13.3. The molecule has 2 aliphatic heterocycles. The number of likely N-dealkylation sites (tertiary alicyclic amines) is 1. The fourth-order valence-corrected chi connectivity index (χ4v) is 4.18. The zero-order chi connectivity index (χ0) is 20.4. The lowest BCUT2D eigenvalue weighted by Gasteiger charge is -2.27. The van der Waals surface area contributed by atoms with Crippen molar-refractivity contribution in [3.63, 3.8) is 0 Å². The smallest absolute Gasteiger partial charge is 0.257 e. The highest BCUT2D eigenvalue weighted by atomic mass is 35.5. The Morgan fingerprint density at radius 1 is 1.27 bits per heavy atom. The first-order chi connectivity index (χ1) is 14.0. The van der Waals surface area contributed by atoms with Crippen molar-refractivity contribution in [2.24, 2.45) is 0 Å². The first-order valence-electron chi connectivity index (χ1n) is 10.1. The van der Waals surface area contributed by atoms with Crippen molar-refractivity contribution in [3.8, 4) is 0 Å². The van der Waals surface area contributed by atoms with E-state index < -0.39 is 0 Å². The zero-order valence-electron chi connectivity index (χ0n) is 17.4. The summed E-state index contributed by atoms with van der Waals surface area (Å²) in [6.45, 7) is 2.26. The minimum atomic E-state index is -0.234. The van der Waals surface area contributed by atoms with Gasteiger partial charge in [0.15, 0.2) is 5.82 Å². The molecule has 1 unspecified atom stereocenters. The minimum absolute atomic E-state index is 0. The number of nitrogens with zero attached hydrogens (tertiary/aromatic N) is 4. The van der Waals surface area contributed by atoms with Crippen molar-refractivity contribution in [1.82, 2.24) is 14.8 Å². The number of carbonyl (C=O) groups is 2. The normalized spacial score (nSPS) is 18.3. The minimum Gasteiger partial charge on any atom is -0.319 e. The summed E-state index contributed by atoms with van der Waals surface area (Å²) in [5.41, 5.74) is 1.57. The van der Waals surface area contributed by atoms with Crippen LogP contribution in [-0.2, 0) is 4.79 Å². The number of benzene rings is 1. The largest absolute Gasteiger partial charge is 0.319 e. The number of carbonyl (C=O) groups excluding carboxylic acids is 2. The maximum absolute atomic E-state index is 13.3. The highest BCUT2D eigenvalue weighted by Gasteiger charge is 2.30. The fraction of sp³-hybridized carbons (Fsp3) is 0.409. The van der Waals surface area contributed by atoms with E-state index in [2.05, 4.69) is 27.1 Å². The van der Waals surface area contributed by atoms with E-state index >= 15 is 0 Å². The van der Waals surface area contributed by atoms with E-state index in [-0.39, 0.29) is 30.8 Å². The number of nitrogens with one attached hydrogen (secondary N) is 1. The van der Waals surface area contributed by atoms with E-state index in [9.17, 15) is 9.59 Å². The van der Waals surface area contributed by atoms with Crippen molar-refractivity contribution in [2.75, 3.05) is 43.9 Å². The lowest BCUT2D eigenvalue weighted by Crippen LogP contribution is -2.38. The second kappa shape index (κ2) is 9.55. The summed E-state index contributed by atoms with van der Waals surface area (Å²) in [6, 6.07) is 11.3. The lowest BCUT2D eigenvalue weighted by atomic mass is 10.1. The third kappa shape index (κ3) is 4.48. The first-order valence-corrected chi connectivity index (χ1v) is 10.1. The summed E-state index contributed by atoms with van der Waals surface area (Å²) >= 11 is 0. The van der Waals surface area contributed by atoms with Gasteiger partial charge >= 0.3 is 0 Å². The molecule has 7 nitrogen and oxygen atoms in total. The molecule has 2 aliphatic rings. The molecule has 2 amide bonds. The van der Waals surface area contributed by atoms with Crippen molar-refractivity contribution < 1.29 is 9.59 Å². The summed E-state index contributed by atoms with van der Waals surface area (Å²) in [6.07, 6.45) is 5.16. The summed E-state index contributed by atoms with van der Waals surface area (Å²) in [5.74, 6) is 0.124. The second-order valence-electron chi connectivity index (χ2n) is 7.88. The molecule has 1 N–H and O–H groups in total. The third-order valence-electron chi connectivity index (χ3n) is 5.81. The number of pyridine rings is 1. The van der Waals surface area contributed by atoms with Gasteiger partial charge in [0.25, 0.3) is 5.91 Å². The van der Waals surface area contributed by atoms with E-state index in [1.165, 1.54) is 12.8 Å². The van der Waals surface area contributed by atoms with Gasteiger partial charge in [-0.05, 0) is 70.7 Å². The number of amides is 2. The predicted molar refractivity (Wildman–Crippen MR) is 121 cm³/mol. The van der Waals surface area contributed by atoms with Gasteiger partial charge in [-0.2, -0.15) is 0 Å². The average Bonchev–Trinajstić information content (AvgIpc) is 3.07. The van der Waals surface area contributed by atoms with Gasteiger partial charge in [0.05, 0.1) is 23.5 Å². The van der Waals surface area contributed by atoms with Crippen LogP contribution in [0.15, 0.2) is 42.6 Å². The monoisotopic (exact) mass is 429 g/mol. The van der Waals surface area contributed by atoms with Gasteiger partial charge in [0, 0.05) is 12.2 Å². The molecule has 160 valence electrons. The summed E-state index contributed by atoms with van der Waals surface area (Å²) in [7, 11) is 4.14. The molecule has 0 spiro atoms. The van der Waals surface area contributed by atoms with Crippen LogP contribution in [0.4, 0.5) is 17.2 Å². The Labute approximate surface area is 183 Å². The van der Waals surface area contributed by atoms with Gasteiger partial charge in [-0.15, -0.1) is 12.4 Å². The highest BCUT2D eigenvalue weighted by Crippen LogP contribution is 2.36. The molecule has 2 aromatic rings. The van der Waals surface area contributed by atoms with Crippen LogP contribution in [0.25, 0.3) is 0 Å². The van der Waals surface area contributed by atoms with Crippen LogP contribution in [0.5, 0.6) is 0 Å². The van der Waals surface area contributed by atoms with Gasteiger partial charge in [0.1, 0.15) is 0 Å². The molecular weight excluding hydrogens is 402 g/mol.